The molecule has 1 aliphatic heterocycles. The summed E-state index contributed by atoms with van der Waals surface area (Å²) in [7, 11) is 0. The van der Waals surface area contributed by atoms with Crippen LogP contribution in [-0.4, -0.2) is 34.3 Å². The topological polar surface area (TPSA) is 79.9 Å². The van der Waals surface area contributed by atoms with Gasteiger partial charge >= 0.3 is 0 Å². The van der Waals surface area contributed by atoms with E-state index in [0.29, 0.717) is 24.8 Å². The molecule has 7 heteroatoms. The third-order valence-corrected chi connectivity index (χ3v) is 5.02. The fourth-order valence-corrected chi connectivity index (χ4v) is 3.72. The Kier molecular flexibility index (Phi) is 4.27. The highest BCUT2D eigenvalue weighted by Crippen LogP contribution is 2.25. The fraction of sp³-hybridized carbons (Fsp3) is 0.353. The van der Waals surface area contributed by atoms with Crippen molar-refractivity contribution in [2.24, 2.45) is 0 Å². The molecule has 2 N–H and O–H groups in total. The Balaban J connectivity index is 1.39. The van der Waals surface area contributed by atoms with E-state index in [1.54, 1.807) is 11.3 Å². The zero-order valence-electron chi connectivity index (χ0n) is 13.1. The second-order valence-electron chi connectivity index (χ2n) is 6.00. The molecular weight excluding hydrogens is 324 g/mol. The zero-order chi connectivity index (χ0) is 16.4. The standard InChI is InChI=1S/C17H18N4O2S/c22-17(7-11-3-4-13-15(6-11)24-10-18-13)19-16-8-14(20-21-16)12-2-1-5-23-9-12/h3-4,6,8,10,12H,1-2,5,7,9H2,(H2,19,20,21,22). The monoisotopic (exact) mass is 342 g/mol. The van der Waals surface area contributed by atoms with Gasteiger partial charge in [-0.25, -0.2) is 4.98 Å². The summed E-state index contributed by atoms with van der Waals surface area (Å²) >= 11 is 1.58. The van der Waals surface area contributed by atoms with Crippen LogP contribution in [-0.2, 0) is 16.0 Å². The molecule has 1 saturated heterocycles. The van der Waals surface area contributed by atoms with Crippen molar-refractivity contribution in [1.29, 1.82) is 0 Å². The number of fused-ring (bicyclic) bond motifs is 1. The van der Waals surface area contributed by atoms with Gasteiger partial charge in [-0.1, -0.05) is 6.07 Å². The molecular formula is C17H18N4O2S. The van der Waals surface area contributed by atoms with Crippen LogP contribution in [0.15, 0.2) is 29.8 Å². The summed E-state index contributed by atoms with van der Waals surface area (Å²) in [5, 5.41) is 10.1. The average molecular weight is 342 g/mol. The van der Waals surface area contributed by atoms with E-state index in [1.165, 1.54) is 0 Å². The van der Waals surface area contributed by atoms with E-state index >= 15 is 0 Å². The molecule has 1 unspecified atom stereocenters. The number of carbonyl (C=O) groups excluding carboxylic acids is 1. The van der Waals surface area contributed by atoms with Gasteiger partial charge in [-0.2, -0.15) is 5.10 Å². The van der Waals surface area contributed by atoms with Gasteiger partial charge in [0.05, 0.1) is 28.8 Å². The van der Waals surface area contributed by atoms with Crippen molar-refractivity contribution >= 4 is 33.3 Å². The first-order chi connectivity index (χ1) is 11.8. The van der Waals surface area contributed by atoms with E-state index in [9.17, 15) is 4.79 Å². The Morgan fingerprint density at radius 2 is 2.38 bits per heavy atom. The molecule has 1 aromatic carbocycles. The lowest BCUT2D eigenvalue weighted by Crippen LogP contribution is -2.16. The maximum absolute atomic E-state index is 12.2. The predicted octanol–water partition coefficient (Wildman–Crippen LogP) is 3.09. The Labute approximate surface area is 143 Å². The van der Waals surface area contributed by atoms with Crippen LogP contribution in [0.5, 0.6) is 0 Å². The van der Waals surface area contributed by atoms with Crippen LogP contribution in [0.4, 0.5) is 5.82 Å². The van der Waals surface area contributed by atoms with E-state index in [1.807, 2.05) is 29.8 Å². The van der Waals surface area contributed by atoms with Crippen LogP contribution < -0.4 is 5.32 Å². The number of anilines is 1. The maximum atomic E-state index is 12.2. The lowest BCUT2D eigenvalue weighted by molar-refractivity contribution is -0.115. The molecule has 1 fully saturated rings. The smallest absolute Gasteiger partial charge is 0.229 e. The van der Waals surface area contributed by atoms with Crippen molar-refractivity contribution < 1.29 is 9.53 Å². The van der Waals surface area contributed by atoms with Gasteiger partial charge < -0.3 is 10.1 Å². The first-order valence-corrected chi connectivity index (χ1v) is 8.91. The van der Waals surface area contributed by atoms with Crippen LogP contribution in [0.25, 0.3) is 10.2 Å². The second-order valence-corrected chi connectivity index (χ2v) is 6.89. The lowest BCUT2D eigenvalue weighted by Gasteiger charge is -2.20. The Hall–Kier alpha value is -2.25. The fourth-order valence-electron chi connectivity index (χ4n) is 2.98. The molecule has 1 atom stereocenters. The number of nitrogens with one attached hydrogen (secondary N) is 2. The van der Waals surface area contributed by atoms with Crippen molar-refractivity contribution in [2.45, 2.75) is 25.2 Å². The maximum Gasteiger partial charge on any atom is 0.229 e. The molecule has 124 valence electrons. The van der Waals surface area contributed by atoms with Gasteiger partial charge in [0, 0.05) is 24.3 Å². The molecule has 1 amide bonds. The number of aromatic amines is 1. The summed E-state index contributed by atoms with van der Waals surface area (Å²) < 4.78 is 6.59. The first kappa shape index (κ1) is 15.3. The number of ether oxygens (including phenoxy) is 1. The highest BCUT2D eigenvalue weighted by Gasteiger charge is 2.18. The third-order valence-electron chi connectivity index (χ3n) is 4.23. The summed E-state index contributed by atoms with van der Waals surface area (Å²) in [6, 6.07) is 7.81. The minimum atomic E-state index is -0.0724. The minimum Gasteiger partial charge on any atom is -0.381 e. The summed E-state index contributed by atoms with van der Waals surface area (Å²) in [4.78, 5) is 16.5. The summed E-state index contributed by atoms with van der Waals surface area (Å²) in [5.74, 6) is 0.835. The van der Waals surface area contributed by atoms with Gasteiger partial charge in [0.15, 0.2) is 5.82 Å². The van der Waals surface area contributed by atoms with Gasteiger partial charge in [0.1, 0.15) is 0 Å². The van der Waals surface area contributed by atoms with Crippen molar-refractivity contribution in [1.82, 2.24) is 15.2 Å². The minimum absolute atomic E-state index is 0.0724. The Morgan fingerprint density at radius 3 is 3.25 bits per heavy atom. The van der Waals surface area contributed by atoms with Crippen LogP contribution in [0.3, 0.4) is 0 Å². The molecule has 3 heterocycles. The number of hydrogen-bond donors (Lipinski definition) is 2. The van der Waals surface area contributed by atoms with Gasteiger partial charge in [-0.05, 0) is 30.5 Å². The lowest BCUT2D eigenvalue weighted by atomic mass is 9.99. The molecule has 4 rings (SSSR count). The Bertz CT molecular complexity index is 851. The quantitative estimate of drug-likeness (QED) is 0.763. The summed E-state index contributed by atoms with van der Waals surface area (Å²) in [5.41, 5.74) is 4.78. The van der Waals surface area contributed by atoms with Crippen LogP contribution in [0.2, 0.25) is 0 Å². The molecule has 1 aliphatic rings. The normalized spacial score (nSPS) is 17.9. The number of rotatable bonds is 4. The summed E-state index contributed by atoms with van der Waals surface area (Å²) in [6.45, 7) is 1.54. The van der Waals surface area contributed by atoms with E-state index < -0.39 is 0 Å². The van der Waals surface area contributed by atoms with E-state index in [2.05, 4.69) is 20.5 Å². The SMILES string of the molecule is O=C(Cc1ccc2ncsc2c1)Nc1cc(C2CCCOC2)[nH]n1. The average Bonchev–Trinajstić information content (AvgIpc) is 3.24. The second kappa shape index (κ2) is 6.70. The molecule has 0 saturated carbocycles. The van der Waals surface area contributed by atoms with Gasteiger partial charge in [0.2, 0.25) is 5.91 Å². The number of thiazole rings is 1. The number of aromatic nitrogens is 3. The van der Waals surface area contributed by atoms with Gasteiger partial charge in [-0.3, -0.25) is 9.89 Å². The first-order valence-electron chi connectivity index (χ1n) is 8.03. The third kappa shape index (κ3) is 3.32. The highest BCUT2D eigenvalue weighted by atomic mass is 32.1. The van der Waals surface area contributed by atoms with Crippen LogP contribution in [0, 0.1) is 0 Å². The Morgan fingerprint density at radius 1 is 1.42 bits per heavy atom. The molecule has 0 bridgehead atoms. The number of benzene rings is 1. The number of nitrogens with zero attached hydrogens (tertiary/aromatic N) is 2. The number of H-pyrrole nitrogens is 1. The molecule has 0 spiro atoms. The number of hydrogen-bond acceptors (Lipinski definition) is 5. The van der Waals surface area contributed by atoms with Crippen molar-refractivity contribution in [3.63, 3.8) is 0 Å². The van der Waals surface area contributed by atoms with E-state index in [4.69, 9.17) is 4.74 Å². The highest BCUT2D eigenvalue weighted by molar-refractivity contribution is 7.16. The molecule has 0 aliphatic carbocycles. The largest absolute Gasteiger partial charge is 0.381 e. The molecule has 2 aromatic heterocycles. The zero-order valence-corrected chi connectivity index (χ0v) is 13.9. The van der Waals surface area contributed by atoms with Crippen molar-refractivity contribution in [3.05, 3.63) is 41.0 Å². The van der Waals surface area contributed by atoms with E-state index in [0.717, 1.165) is 40.9 Å². The predicted molar refractivity (Wildman–Crippen MR) is 93.3 cm³/mol. The van der Waals surface area contributed by atoms with E-state index in [-0.39, 0.29) is 5.91 Å². The summed E-state index contributed by atoms with van der Waals surface area (Å²) in [6.07, 6.45) is 2.47. The van der Waals surface area contributed by atoms with Gasteiger partial charge in [0.25, 0.3) is 0 Å². The molecule has 0 radical (unpaired) electrons. The van der Waals surface area contributed by atoms with Crippen LogP contribution >= 0.6 is 11.3 Å². The van der Waals surface area contributed by atoms with Gasteiger partial charge in [-0.15, -0.1) is 11.3 Å². The van der Waals surface area contributed by atoms with Crippen molar-refractivity contribution in [2.75, 3.05) is 18.5 Å². The van der Waals surface area contributed by atoms with Crippen molar-refractivity contribution in [3.8, 4) is 0 Å². The van der Waals surface area contributed by atoms with Crippen LogP contribution in [0.1, 0.15) is 30.0 Å². The number of amides is 1. The molecule has 3 aromatic rings. The molecule has 24 heavy (non-hydrogen) atoms. The molecule has 6 nitrogen and oxygen atoms in total. The number of carbonyl (C=O) groups is 1.